The summed E-state index contributed by atoms with van der Waals surface area (Å²) >= 11 is 0. The quantitative estimate of drug-likeness (QED) is 0.625. The fraction of sp³-hybridized carbons (Fsp3) is 0.625. The van der Waals surface area contributed by atoms with E-state index in [1.54, 1.807) is 13.3 Å². The highest BCUT2D eigenvalue weighted by atomic mass is 16.5. The molecule has 4 heteroatoms. The number of carbonyl (C=O) groups is 1. The summed E-state index contributed by atoms with van der Waals surface area (Å²) in [7, 11) is 1.67. The molecule has 0 aliphatic rings. The Labute approximate surface area is 121 Å². The van der Waals surface area contributed by atoms with Crippen molar-refractivity contribution >= 4 is 5.97 Å². The Morgan fingerprint density at radius 2 is 1.80 bits per heavy atom. The Bertz CT molecular complexity index is 393. The molecule has 20 heavy (non-hydrogen) atoms. The van der Waals surface area contributed by atoms with Crippen LogP contribution in [0.1, 0.15) is 57.1 Å². The molecule has 0 saturated carbocycles. The Morgan fingerprint density at radius 3 is 2.45 bits per heavy atom. The first-order chi connectivity index (χ1) is 9.72. The normalized spacial score (nSPS) is 10.4. The highest BCUT2D eigenvalue weighted by molar-refractivity contribution is 5.66. The molecule has 1 aromatic heterocycles. The van der Waals surface area contributed by atoms with Crippen LogP contribution in [0.3, 0.4) is 0 Å². The van der Waals surface area contributed by atoms with E-state index in [-0.39, 0.29) is 0 Å². The molecule has 1 aromatic rings. The molecule has 0 aliphatic carbocycles. The SMILES string of the molecule is COc1ccnc(CCCCCCCCCC(=O)O)c1. The maximum Gasteiger partial charge on any atom is 0.303 e. The van der Waals surface area contributed by atoms with Crippen LogP contribution in [-0.4, -0.2) is 23.2 Å². The van der Waals surface area contributed by atoms with Crippen LogP contribution in [0.5, 0.6) is 5.75 Å². The Hall–Kier alpha value is -1.58. The second-order valence-electron chi connectivity index (χ2n) is 5.06. The predicted molar refractivity (Wildman–Crippen MR) is 79.1 cm³/mol. The molecule has 0 aromatic carbocycles. The third-order valence-electron chi connectivity index (χ3n) is 3.35. The van der Waals surface area contributed by atoms with Crippen LogP contribution in [0.4, 0.5) is 0 Å². The summed E-state index contributed by atoms with van der Waals surface area (Å²) in [4.78, 5) is 14.7. The predicted octanol–water partition coefficient (Wildman–Crippen LogP) is 3.84. The topological polar surface area (TPSA) is 59.4 Å². The van der Waals surface area contributed by atoms with E-state index in [4.69, 9.17) is 9.84 Å². The molecule has 0 saturated heterocycles. The van der Waals surface area contributed by atoms with Crippen LogP contribution in [0.25, 0.3) is 0 Å². The van der Waals surface area contributed by atoms with Crippen LogP contribution in [-0.2, 0) is 11.2 Å². The van der Waals surface area contributed by atoms with E-state index in [0.717, 1.165) is 43.5 Å². The third kappa shape index (κ3) is 7.77. The summed E-state index contributed by atoms with van der Waals surface area (Å²) in [5.41, 5.74) is 1.09. The number of ether oxygens (including phenoxy) is 1. The van der Waals surface area contributed by atoms with Gasteiger partial charge in [-0.2, -0.15) is 0 Å². The molecule has 0 bridgehead atoms. The van der Waals surface area contributed by atoms with Gasteiger partial charge < -0.3 is 9.84 Å². The van der Waals surface area contributed by atoms with E-state index in [0.29, 0.717) is 6.42 Å². The zero-order chi connectivity index (χ0) is 14.6. The van der Waals surface area contributed by atoms with Crippen molar-refractivity contribution in [1.29, 1.82) is 0 Å². The molecule has 0 radical (unpaired) electrons. The van der Waals surface area contributed by atoms with Crippen molar-refractivity contribution in [3.63, 3.8) is 0 Å². The monoisotopic (exact) mass is 279 g/mol. The van der Waals surface area contributed by atoms with E-state index < -0.39 is 5.97 Å². The van der Waals surface area contributed by atoms with Crippen molar-refractivity contribution < 1.29 is 14.6 Å². The van der Waals surface area contributed by atoms with Crippen molar-refractivity contribution in [2.75, 3.05) is 7.11 Å². The zero-order valence-corrected chi connectivity index (χ0v) is 12.3. The Balaban J connectivity index is 1.98. The summed E-state index contributed by atoms with van der Waals surface area (Å²) < 4.78 is 5.17. The van der Waals surface area contributed by atoms with Gasteiger partial charge in [-0.3, -0.25) is 9.78 Å². The third-order valence-corrected chi connectivity index (χ3v) is 3.35. The lowest BCUT2D eigenvalue weighted by Gasteiger charge is -2.04. The average molecular weight is 279 g/mol. The standard InChI is InChI=1S/C16H25NO3/c1-20-15-11-12-17-14(13-15)9-7-5-3-2-4-6-8-10-16(18)19/h11-13H,2-10H2,1H3,(H,18,19). The van der Waals surface area contributed by atoms with Crippen molar-refractivity contribution in [2.45, 2.75) is 57.8 Å². The molecule has 1 N–H and O–H groups in total. The smallest absolute Gasteiger partial charge is 0.303 e. The van der Waals surface area contributed by atoms with Crippen LogP contribution in [0, 0.1) is 0 Å². The first-order valence-corrected chi connectivity index (χ1v) is 7.43. The van der Waals surface area contributed by atoms with Gasteiger partial charge >= 0.3 is 5.97 Å². The van der Waals surface area contributed by atoms with Gasteiger partial charge in [0, 0.05) is 24.4 Å². The number of nitrogens with zero attached hydrogens (tertiary/aromatic N) is 1. The molecule has 1 heterocycles. The minimum Gasteiger partial charge on any atom is -0.497 e. The molecule has 0 atom stereocenters. The van der Waals surface area contributed by atoms with E-state index in [1.165, 1.54) is 19.3 Å². The highest BCUT2D eigenvalue weighted by Gasteiger charge is 1.99. The van der Waals surface area contributed by atoms with Gasteiger partial charge in [-0.25, -0.2) is 0 Å². The Kier molecular flexibility index (Phi) is 8.43. The average Bonchev–Trinajstić information content (AvgIpc) is 2.45. The maximum atomic E-state index is 10.3. The van der Waals surface area contributed by atoms with Gasteiger partial charge in [-0.05, 0) is 25.3 Å². The molecule has 0 spiro atoms. The minimum atomic E-state index is -0.684. The molecule has 0 amide bonds. The second kappa shape index (κ2) is 10.2. The largest absolute Gasteiger partial charge is 0.497 e. The molecule has 0 aliphatic heterocycles. The van der Waals surface area contributed by atoms with E-state index in [9.17, 15) is 4.79 Å². The van der Waals surface area contributed by atoms with E-state index >= 15 is 0 Å². The van der Waals surface area contributed by atoms with Crippen molar-refractivity contribution in [1.82, 2.24) is 4.98 Å². The van der Waals surface area contributed by atoms with Gasteiger partial charge in [0.25, 0.3) is 0 Å². The number of pyridine rings is 1. The second-order valence-corrected chi connectivity index (χ2v) is 5.06. The van der Waals surface area contributed by atoms with Gasteiger partial charge in [0.15, 0.2) is 0 Å². The number of aryl methyl sites for hydroxylation is 1. The molecular weight excluding hydrogens is 254 g/mol. The van der Waals surface area contributed by atoms with Crippen LogP contribution < -0.4 is 4.74 Å². The van der Waals surface area contributed by atoms with Gasteiger partial charge in [0.05, 0.1) is 7.11 Å². The van der Waals surface area contributed by atoms with Crippen molar-refractivity contribution in [3.05, 3.63) is 24.0 Å². The summed E-state index contributed by atoms with van der Waals surface area (Å²) in [5, 5.41) is 8.52. The summed E-state index contributed by atoms with van der Waals surface area (Å²) in [6.45, 7) is 0. The number of carboxylic acid groups (broad SMARTS) is 1. The van der Waals surface area contributed by atoms with Gasteiger partial charge in [0.2, 0.25) is 0 Å². The van der Waals surface area contributed by atoms with E-state index in [2.05, 4.69) is 4.98 Å². The molecule has 0 fully saturated rings. The fourth-order valence-corrected chi connectivity index (χ4v) is 2.19. The van der Waals surface area contributed by atoms with Gasteiger partial charge in [-0.15, -0.1) is 0 Å². The first-order valence-electron chi connectivity index (χ1n) is 7.43. The van der Waals surface area contributed by atoms with Gasteiger partial charge in [0.1, 0.15) is 5.75 Å². The number of unbranched alkanes of at least 4 members (excludes halogenated alkanes) is 6. The number of rotatable bonds is 11. The summed E-state index contributed by atoms with van der Waals surface area (Å²) in [6, 6.07) is 3.85. The molecular formula is C16H25NO3. The number of aromatic nitrogens is 1. The van der Waals surface area contributed by atoms with Crippen molar-refractivity contribution in [3.8, 4) is 5.75 Å². The van der Waals surface area contributed by atoms with Crippen LogP contribution in [0.15, 0.2) is 18.3 Å². The lowest BCUT2D eigenvalue weighted by atomic mass is 10.1. The highest BCUT2D eigenvalue weighted by Crippen LogP contribution is 2.14. The number of aliphatic carboxylic acids is 1. The van der Waals surface area contributed by atoms with Crippen molar-refractivity contribution in [2.24, 2.45) is 0 Å². The lowest BCUT2D eigenvalue weighted by molar-refractivity contribution is -0.137. The first kappa shape index (κ1) is 16.5. The zero-order valence-electron chi connectivity index (χ0n) is 12.3. The molecule has 4 nitrogen and oxygen atoms in total. The van der Waals surface area contributed by atoms with E-state index in [1.807, 2.05) is 12.1 Å². The minimum absolute atomic E-state index is 0.307. The maximum absolute atomic E-state index is 10.3. The van der Waals surface area contributed by atoms with Gasteiger partial charge in [-0.1, -0.05) is 32.1 Å². The summed E-state index contributed by atoms with van der Waals surface area (Å²) in [5.74, 6) is 0.184. The number of methoxy groups -OCH3 is 1. The summed E-state index contributed by atoms with van der Waals surface area (Å²) in [6.07, 6.45) is 10.8. The lowest BCUT2D eigenvalue weighted by Crippen LogP contribution is -1.94. The number of hydrogen-bond donors (Lipinski definition) is 1. The molecule has 1 rings (SSSR count). The molecule has 0 unspecified atom stereocenters. The number of hydrogen-bond acceptors (Lipinski definition) is 3. The Morgan fingerprint density at radius 1 is 1.15 bits per heavy atom. The number of carboxylic acids is 1. The van der Waals surface area contributed by atoms with Crippen LogP contribution >= 0.6 is 0 Å². The fourth-order valence-electron chi connectivity index (χ4n) is 2.19. The van der Waals surface area contributed by atoms with Crippen LogP contribution in [0.2, 0.25) is 0 Å². The molecule has 112 valence electrons.